The van der Waals surface area contributed by atoms with Gasteiger partial charge in [0.2, 0.25) is 12.6 Å². The number of esters is 3. The van der Waals surface area contributed by atoms with Crippen LogP contribution >= 0.6 is 0 Å². The van der Waals surface area contributed by atoms with Crippen molar-refractivity contribution >= 4 is 24.0 Å². The van der Waals surface area contributed by atoms with Gasteiger partial charge in [0.15, 0.2) is 24.8 Å². The summed E-state index contributed by atoms with van der Waals surface area (Å²) >= 11 is 0. The maximum absolute atomic E-state index is 15.7. The second kappa shape index (κ2) is 25.5. The molecular weight excluding hydrogens is 1170 g/mol. The monoisotopic (exact) mass is 1260 g/mol. The molecule has 10 rings (SSSR count). The zero-order valence-corrected chi connectivity index (χ0v) is 51.5. The van der Waals surface area contributed by atoms with Gasteiger partial charge in [-0.2, -0.15) is 0 Å². The zero-order valence-electron chi connectivity index (χ0n) is 51.5. The van der Waals surface area contributed by atoms with E-state index in [-0.39, 0.29) is 41.3 Å². The molecule has 8 fully saturated rings. The van der Waals surface area contributed by atoms with Gasteiger partial charge in [0.25, 0.3) is 0 Å². The number of rotatable bonds is 14. The highest BCUT2D eigenvalue weighted by Crippen LogP contribution is 2.76. The number of benzene rings is 1. The Balaban J connectivity index is 0.907. The van der Waals surface area contributed by atoms with Crippen LogP contribution in [0.2, 0.25) is 0 Å². The predicted octanol–water partition coefficient (Wildman–Crippen LogP) is -0.626. The van der Waals surface area contributed by atoms with Crippen LogP contribution in [0.5, 0.6) is 5.75 Å². The van der Waals surface area contributed by atoms with Gasteiger partial charge in [0.05, 0.1) is 39.1 Å². The number of hydrogen-bond donors (Lipinski definition) is 13. The van der Waals surface area contributed by atoms with Crippen molar-refractivity contribution < 1.29 is 128 Å². The molecule has 0 aromatic heterocycles. The topological polar surface area (TPSA) is 407 Å². The fraction of sp³-hybridized carbons (Fsp3) is 0.794. The average Bonchev–Trinajstić information content (AvgIpc) is 0.680. The third kappa shape index (κ3) is 11.8. The van der Waals surface area contributed by atoms with Crippen molar-refractivity contribution in [2.24, 2.45) is 50.2 Å². The molecule has 26 nitrogen and oxygen atoms in total. The number of aliphatic hydroxyl groups is 13. The van der Waals surface area contributed by atoms with Crippen molar-refractivity contribution in [3.63, 3.8) is 0 Å². The van der Waals surface area contributed by atoms with Crippen LogP contribution in [0.15, 0.2) is 42.0 Å². The van der Waals surface area contributed by atoms with Crippen LogP contribution in [0.1, 0.15) is 112 Å². The Labute approximate surface area is 516 Å². The lowest BCUT2D eigenvalue weighted by molar-refractivity contribution is -0.347. The quantitative estimate of drug-likeness (QED) is 0.0363. The van der Waals surface area contributed by atoms with E-state index in [1.807, 2.05) is 0 Å². The fourth-order valence-electron chi connectivity index (χ4n) is 17.4. The summed E-state index contributed by atoms with van der Waals surface area (Å²) in [5.41, 5.74) is -2.33. The lowest BCUT2D eigenvalue weighted by Gasteiger charge is -2.71. The molecule has 1 unspecified atom stereocenters. The molecule has 0 amide bonds. The van der Waals surface area contributed by atoms with Crippen LogP contribution < -0.4 is 4.74 Å². The van der Waals surface area contributed by atoms with Gasteiger partial charge in [0, 0.05) is 6.08 Å². The highest BCUT2D eigenvalue weighted by Gasteiger charge is 2.72. The number of aliphatic hydroxyl groups excluding tert-OH is 13. The summed E-state index contributed by atoms with van der Waals surface area (Å²) in [5, 5.41) is 140. The highest BCUT2D eigenvalue weighted by atomic mass is 16.8. The van der Waals surface area contributed by atoms with Crippen molar-refractivity contribution in [3.8, 4) is 5.75 Å². The summed E-state index contributed by atoms with van der Waals surface area (Å²) in [4.78, 5) is 42.3. The Kier molecular flexibility index (Phi) is 19.5. The molecule has 4 heterocycles. The molecule has 13 N–H and O–H groups in total. The van der Waals surface area contributed by atoms with Crippen LogP contribution in [-0.2, 0) is 57.0 Å². The first kappa shape index (κ1) is 68.0. The molecule has 0 spiro atoms. The molecule has 0 radical (unpaired) electrons. The summed E-state index contributed by atoms with van der Waals surface area (Å²) in [6.07, 6.45) is -24.1. The minimum atomic E-state index is -1.96. The van der Waals surface area contributed by atoms with Gasteiger partial charge in [-0.1, -0.05) is 72.2 Å². The highest BCUT2D eigenvalue weighted by molar-refractivity contribution is 5.87. The van der Waals surface area contributed by atoms with Gasteiger partial charge in [-0.05, 0) is 126 Å². The molecule has 4 saturated heterocycles. The first-order valence-corrected chi connectivity index (χ1v) is 31.1. The van der Waals surface area contributed by atoms with Crippen molar-refractivity contribution in [2.75, 3.05) is 26.9 Å². The van der Waals surface area contributed by atoms with Gasteiger partial charge in [-0.25, -0.2) is 9.59 Å². The van der Waals surface area contributed by atoms with Gasteiger partial charge >= 0.3 is 17.9 Å². The molecule has 9 aliphatic rings. The molecule has 4 aliphatic heterocycles. The standard InChI is InChI=1S/C63H92O26/c1-58(2)21-22-63(31(23-58)30-14-15-36-60(5)19-18-38(85-55-48(77)44(73)45(74)50(88-55)52(78)80-8)59(3,4)35(60)17-20-61(36,6)62(30,7)24-37(63)67)57(79)89-56-51(49(32(66)27-81-56)87-54-47(76)43(72)41(70)34(26-65)84-54)86-39(68)16-11-28-9-12-29(13-10-28)82-53-46(75)42(71)40(69)33(25-64)83-53/h9-14,16,31-38,40-51,53-56,64-67,69-77H,15,17-27H2,1-8H3/t31?,32-,33-,34-,35+,36-,37-,38+,40-,41-,42+,43+,44+,45+,46-,47-,48-,49+,50+,51-,53-,54+,55-,56+,60+,61-,62-,63-/m1/s1. The van der Waals surface area contributed by atoms with E-state index in [9.17, 15) is 76.0 Å². The largest absolute Gasteiger partial charge is 0.467 e. The summed E-state index contributed by atoms with van der Waals surface area (Å²) < 4.78 is 58.4. The number of hydrogen-bond acceptors (Lipinski definition) is 26. The molecule has 5 aliphatic carbocycles. The molecule has 1 aromatic rings. The third-order valence-corrected chi connectivity index (χ3v) is 22.7. The van der Waals surface area contributed by atoms with E-state index in [1.165, 1.54) is 30.3 Å². The maximum atomic E-state index is 15.7. The second-order valence-electron chi connectivity index (χ2n) is 28.5. The molecule has 0 bridgehead atoms. The molecule has 26 heteroatoms. The average molecular weight is 1270 g/mol. The Morgan fingerprint density at radius 3 is 1.87 bits per heavy atom. The molecular formula is C63H92O26. The zero-order chi connectivity index (χ0) is 64.8. The van der Waals surface area contributed by atoms with E-state index in [1.54, 1.807) is 0 Å². The third-order valence-electron chi connectivity index (χ3n) is 22.7. The lowest BCUT2D eigenvalue weighted by atomic mass is 9.33. The summed E-state index contributed by atoms with van der Waals surface area (Å²) in [6.45, 7) is 13.3. The Morgan fingerprint density at radius 2 is 1.24 bits per heavy atom. The van der Waals surface area contributed by atoms with Gasteiger partial charge < -0.3 is 114 Å². The minimum Gasteiger partial charge on any atom is -0.467 e. The van der Waals surface area contributed by atoms with E-state index in [0.29, 0.717) is 37.7 Å². The van der Waals surface area contributed by atoms with Crippen LogP contribution in [0.25, 0.3) is 6.08 Å². The summed E-state index contributed by atoms with van der Waals surface area (Å²) in [5.74, 6) is -3.11. The van der Waals surface area contributed by atoms with Gasteiger partial charge in [0.1, 0.15) is 90.5 Å². The van der Waals surface area contributed by atoms with Crippen LogP contribution in [0.3, 0.4) is 0 Å². The Morgan fingerprint density at radius 1 is 0.629 bits per heavy atom. The Hall–Kier alpha value is -3.85. The number of ether oxygens (including phenoxy) is 10. The smallest absolute Gasteiger partial charge is 0.337 e. The van der Waals surface area contributed by atoms with E-state index in [0.717, 1.165) is 31.6 Å². The molecule has 1 aromatic carbocycles. The summed E-state index contributed by atoms with van der Waals surface area (Å²) in [6, 6.07) is 5.92. The second-order valence-corrected chi connectivity index (χ2v) is 28.5. The van der Waals surface area contributed by atoms with Crippen LogP contribution in [0.4, 0.5) is 0 Å². The van der Waals surface area contributed by atoms with Crippen molar-refractivity contribution in [1.82, 2.24) is 0 Å². The Bertz CT molecular complexity index is 2760. The number of allylic oxidation sites excluding steroid dienone is 2. The normalized spacial score (nSPS) is 47.7. The van der Waals surface area contributed by atoms with Crippen LogP contribution in [-0.4, -0.2) is 240 Å². The number of carbonyl (C=O) groups excluding carboxylic acids is 3. The molecule has 28 atom stereocenters. The van der Waals surface area contributed by atoms with Crippen molar-refractivity contribution in [1.29, 1.82) is 0 Å². The SMILES string of the molecule is COC(=O)[C@H]1O[C@@H](O[C@H]2CC[C@]3(C)[C@H]4CC=C5C6CC(C)(C)CC[C@]6(C(=O)O[C@@H]6OC[C@@H](O)[C@H](O[C@@H]7O[C@H](CO)[C@@H](O)[C@H](O)[C@H]7O)[C@H]6OC(=O)C=Cc6ccc(O[C@@H]7O[C@H](CO)[C@@H](O)[C@H](O)[C@H]7O)cc6)[C@H](O)C[C@@]5(C)[C@]4(C)CC[C@H]3C2(C)C)[C@H](O)[C@@H](O)[C@@H]1O. The number of carbonyl (C=O) groups is 3. The fourth-order valence-corrected chi connectivity index (χ4v) is 17.4. The van der Waals surface area contributed by atoms with Gasteiger partial charge in [-0.3, -0.25) is 4.79 Å². The van der Waals surface area contributed by atoms with Crippen molar-refractivity contribution in [2.45, 2.75) is 235 Å². The summed E-state index contributed by atoms with van der Waals surface area (Å²) in [7, 11) is 1.13. The molecule has 4 saturated carbocycles. The van der Waals surface area contributed by atoms with E-state index in [4.69, 9.17) is 47.4 Å². The molecule has 500 valence electrons. The van der Waals surface area contributed by atoms with E-state index < -0.39 is 194 Å². The predicted molar refractivity (Wildman–Crippen MR) is 304 cm³/mol. The van der Waals surface area contributed by atoms with E-state index in [2.05, 4.69) is 54.5 Å². The number of fused-ring (bicyclic) bond motifs is 7. The lowest BCUT2D eigenvalue weighted by Crippen LogP contribution is -2.68. The maximum Gasteiger partial charge on any atom is 0.337 e. The van der Waals surface area contributed by atoms with Gasteiger partial charge in [-0.15, -0.1) is 0 Å². The number of methoxy groups -OCH3 is 1. The molecule has 89 heavy (non-hydrogen) atoms. The van der Waals surface area contributed by atoms with Crippen LogP contribution in [0, 0.1) is 50.2 Å². The minimum absolute atomic E-state index is 0.0665. The first-order chi connectivity index (χ1) is 41.8. The van der Waals surface area contributed by atoms with E-state index >= 15 is 4.79 Å². The first-order valence-electron chi connectivity index (χ1n) is 31.1. The van der Waals surface area contributed by atoms with Crippen molar-refractivity contribution in [3.05, 3.63) is 47.6 Å².